The largest absolute Gasteiger partial charge is 0.459 e. The number of carbonyl (C=O) groups excluding carboxylic acids is 1. The summed E-state index contributed by atoms with van der Waals surface area (Å²) in [4.78, 5) is 14.6. The van der Waals surface area contributed by atoms with E-state index in [-0.39, 0.29) is 12.1 Å². The highest BCUT2D eigenvalue weighted by Crippen LogP contribution is 2.31. The van der Waals surface area contributed by atoms with E-state index in [0.717, 1.165) is 36.5 Å². The van der Waals surface area contributed by atoms with Gasteiger partial charge in [0.25, 0.3) is 0 Å². The zero-order valence-electron chi connectivity index (χ0n) is 14.9. The van der Waals surface area contributed by atoms with Crippen LogP contribution in [0.3, 0.4) is 0 Å². The maximum Gasteiger partial charge on any atom is 0.318 e. The van der Waals surface area contributed by atoms with Gasteiger partial charge in [0.2, 0.25) is 0 Å². The lowest BCUT2D eigenvalue weighted by atomic mass is 10.1. The number of benzene rings is 1. The number of urea groups is 1. The molecule has 0 bridgehead atoms. The number of aryl methyl sites for hydroxylation is 1. The van der Waals surface area contributed by atoms with Gasteiger partial charge in [-0.15, -0.1) is 0 Å². The minimum Gasteiger partial charge on any atom is -0.459 e. The van der Waals surface area contributed by atoms with Gasteiger partial charge in [-0.25, -0.2) is 4.79 Å². The van der Waals surface area contributed by atoms with Gasteiger partial charge < -0.3 is 19.2 Å². The first-order chi connectivity index (χ1) is 12.7. The molecule has 1 fully saturated rings. The molecule has 5 nitrogen and oxygen atoms in total. The Kier molecular flexibility index (Phi) is 4.52. The fourth-order valence-electron chi connectivity index (χ4n) is 3.63. The van der Waals surface area contributed by atoms with Crippen LogP contribution in [-0.4, -0.2) is 22.0 Å². The highest BCUT2D eigenvalue weighted by atomic mass is 16.3. The molecule has 0 aliphatic carbocycles. The average Bonchev–Trinajstić information content (AvgIpc) is 3.40. The highest BCUT2D eigenvalue weighted by Gasteiger charge is 2.31. The topological polar surface area (TPSA) is 50.4 Å². The number of hydrogen-bond donors (Lipinski definition) is 1. The summed E-state index contributed by atoms with van der Waals surface area (Å²) in [7, 11) is 2.03. The molecule has 4 rings (SSSR count). The van der Waals surface area contributed by atoms with Crippen LogP contribution >= 0.6 is 0 Å². The van der Waals surface area contributed by atoms with E-state index in [1.807, 2.05) is 66.7 Å². The Morgan fingerprint density at radius 1 is 1.15 bits per heavy atom. The Morgan fingerprint density at radius 2 is 2.00 bits per heavy atom. The Bertz CT molecular complexity index is 882. The van der Waals surface area contributed by atoms with Crippen LogP contribution in [0.4, 0.5) is 4.79 Å². The summed E-state index contributed by atoms with van der Waals surface area (Å²) in [6, 6.07) is 18.1. The van der Waals surface area contributed by atoms with Crippen molar-refractivity contribution >= 4 is 6.03 Å². The second kappa shape index (κ2) is 7.12. The summed E-state index contributed by atoms with van der Waals surface area (Å²) in [5, 5.41) is 3.00. The van der Waals surface area contributed by atoms with Crippen LogP contribution in [0.25, 0.3) is 11.3 Å². The molecule has 2 amide bonds. The van der Waals surface area contributed by atoms with E-state index in [0.29, 0.717) is 6.54 Å². The Hall–Kier alpha value is -2.95. The predicted molar refractivity (Wildman–Crippen MR) is 100 cm³/mol. The van der Waals surface area contributed by atoms with E-state index in [9.17, 15) is 4.79 Å². The quantitative estimate of drug-likeness (QED) is 0.762. The van der Waals surface area contributed by atoms with Gasteiger partial charge in [-0.3, -0.25) is 0 Å². The molecule has 0 radical (unpaired) electrons. The van der Waals surface area contributed by atoms with Crippen molar-refractivity contribution < 1.29 is 9.21 Å². The first-order valence-corrected chi connectivity index (χ1v) is 9.02. The number of likely N-dealkylation sites (tertiary alicyclic amines) is 1. The van der Waals surface area contributed by atoms with Gasteiger partial charge in [0.15, 0.2) is 0 Å². The number of aromatic nitrogens is 1. The molecule has 134 valence electrons. The Morgan fingerprint density at radius 3 is 2.77 bits per heavy atom. The van der Waals surface area contributed by atoms with Gasteiger partial charge in [0.05, 0.1) is 12.6 Å². The fraction of sp³-hybridized carbons (Fsp3) is 0.286. The Labute approximate surface area is 153 Å². The molecule has 0 spiro atoms. The lowest BCUT2D eigenvalue weighted by Crippen LogP contribution is -2.39. The van der Waals surface area contributed by atoms with Gasteiger partial charge in [-0.05, 0) is 37.1 Å². The number of amides is 2. The SMILES string of the molecule is Cn1cccc1[C@@H]1CCCN1C(=O)NCc1ccc(-c2ccccc2)o1. The van der Waals surface area contributed by atoms with E-state index in [2.05, 4.69) is 16.0 Å². The van der Waals surface area contributed by atoms with Crippen LogP contribution in [0.5, 0.6) is 0 Å². The normalized spacial score (nSPS) is 16.8. The molecule has 3 heterocycles. The molecule has 1 saturated heterocycles. The summed E-state index contributed by atoms with van der Waals surface area (Å²) in [5.74, 6) is 1.57. The third-order valence-electron chi connectivity index (χ3n) is 4.97. The summed E-state index contributed by atoms with van der Waals surface area (Å²) in [5.41, 5.74) is 2.22. The van der Waals surface area contributed by atoms with E-state index >= 15 is 0 Å². The minimum atomic E-state index is -0.0358. The number of furan rings is 1. The lowest BCUT2D eigenvalue weighted by Gasteiger charge is -2.25. The highest BCUT2D eigenvalue weighted by molar-refractivity contribution is 5.75. The standard InChI is InChI=1S/C21H23N3O2/c1-23-13-5-9-18(23)19-10-6-14-24(19)21(25)22-15-17-11-12-20(26-17)16-7-3-2-4-8-16/h2-5,7-9,11-13,19H,6,10,14-15H2,1H3,(H,22,25)/t19-/m0/s1. The summed E-state index contributed by atoms with van der Waals surface area (Å²) in [6.07, 6.45) is 4.06. The fourth-order valence-corrected chi connectivity index (χ4v) is 3.63. The molecule has 1 N–H and O–H groups in total. The second-order valence-corrected chi connectivity index (χ2v) is 6.69. The van der Waals surface area contributed by atoms with Crippen LogP contribution in [0, 0.1) is 0 Å². The molecule has 1 aliphatic rings. The van der Waals surface area contributed by atoms with Gasteiger partial charge >= 0.3 is 6.03 Å². The van der Waals surface area contributed by atoms with Crippen molar-refractivity contribution in [1.82, 2.24) is 14.8 Å². The van der Waals surface area contributed by atoms with Crippen LogP contribution in [0.2, 0.25) is 0 Å². The van der Waals surface area contributed by atoms with Crippen LogP contribution in [0.1, 0.15) is 30.3 Å². The van der Waals surface area contributed by atoms with Crippen LogP contribution in [0.15, 0.2) is 65.2 Å². The second-order valence-electron chi connectivity index (χ2n) is 6.69. The molecule has 3 aromatic rings. The van der Waals surface area contributed by atoms with Crippen LogP contribution in [-0.2, 0) is 13.6 Å². The average molecular weight is 349 g/mol. The molecule has 26 heavy (non-hydrogen) atoms. The zero-order valence-corrected chi connectivity index (χ0v) is 14.9. The third kappa shape index (κ3) is 3.25. The molecular weight excluding hydrogens is 326 g/mol. The number of carbonyl (C=O) groups is 1. The summed E-state index contributed by atoms with van der Waals surface area (Å²) in [6.45, 7) is 1.18. The van der Waals surface area contributed by atoms with Crippen molar-refractivity contribution in [2.24, 2.45) is 7.05 Å². The zero-order chi connectivity index (χ0) is 17.9. The monoisotopic (exact) mass is 349 g/mol. The first kappa shape index (κ1) is 16.5. The lowest BCUT2D eigenvalue weighted by molar-refractivity contribution is 0.190. The van der Waals surface area contributed by atoms with E-state index in [1.165, 1.54) is 5.69 Å². The van der Waals surface area contributed by atoms with E-state index in [4.69, 9.17) is 4.42 Å². The van der Waals surface area contributed by atoms with Crippen molar-refractivity contribution in [2.75, 3.05) is 6.54 Å². The van der Waals surface area contributed by atoms with Crippen molar-refractivity contribution in [2.45, 2.75) is 25.4 Å². The number of nitrogens with one attached hydrogen (secondary N) is 1. The Balaban J connectivity index is 1.40. The first-order valence-electron chi connectivity index (χ1n) is 9.02. The molecule has 5 heteroatoms. The van der Waals surface area contributed by atoms with Crippen molar-refractivity contribution in [3.63, 3.8) is 0 Å². The van der Waals surface area contributed by atoms with Gasteiger partial charge in [-0.1, -0.05) is 30.3 Å². The van der Waals surface area contributed by atoms with E-state index in [1.54, 1.807) is 0 Å². The van der Waals surface area contributed by atoms with Crippen LogP contribution < -0.4 is 5.32 Å². The molecule has 1 aromatic carbocycles. The number of rotatable bonds is 4. The van der Waals surface area contributed by atoms with Gasteiger partial charge in [-0.2, -0.15) is 0 Å². The molecule has 1 aliphatic heterocycles. The number of hydrogen-bond acceptors (Lipinski definition) is 2. The van der Waals surface area contributed by atoms with Gasteiger partial charge in [0, 0.05) is 31.0 Å². The minimum absolute atomic E-state index is 0.0358. The van der Waals surface area contributed by atoms with E-state index < -0.39 is 0 Å². The van der Waals surface area contributed by atoms with Crippen molar-refractivity contribution in [1.29, 1.82) is 0 Å². The molecule has 0 saturated carbocycles. The molecular formula is C21H23N3O2. The maximum atomic E-state index is 12.7. The van der Waals surface area contributed by atoms with Crippen molar-refractivity contribution in [3.05, 3.63) is 72.2 Å². The van der Waals surface area contributed by atoms with Crippen molar-refractivity contribution in [3.8, 4) is 11.3 Å². The van der Waals surface area contributed by atoms with Gasteiger partial charge in [0.1, 0.15) is 11.5 Å². The summed E-state index contributed by atoms with van der Waals surface area (Å²) >= 11 is 0. The number of nitrogens with zero attached hydrogens (tertiary/aromatic N) is 2. The predicted octanol–water partition coefficient (Wildman–Crippen LogP) is 4.33. The summed E-state index contributed by atoms with van der Waals surface area (Å²) < 4.78 is 7.96. The smallest absolute Gasteiger partial charge is 0.318 e. The molecule has 2 aromatic heterocycles. The maximum absolute atomic E-state index is 12.7. The third-order valence-corrected chi connectivity index (χ3v) is 4.97. The molecule has 1 atom stereocenters. The molecule has 0 unspecified atom stereocenters.